The zero-order valence-corrected chi connectivity index (χ0v) is 21.3. The molecule has 0 fully saturated rings. The predicted octanol–water partition coefficient (Wildman–Crippen LogP) is 6.29. The first kappa shape index (κ1) is 31.5. The van der Waals surface area contributed by atoms with Crippen LogP contribution in [0.2, 0.25) is 0 Å². The fraction of sp³-hybridized carbons (Fsp3) is 0.143. The highest BCUT2D eigenvalue weighted by molar-refractivity contribution is 5.97. The first-order valence-corrected chi connectivity index (χ1v) is 11.9. The van der Waals surface area contributed by atoms with E-state index in [9.17, 15) is 26.3 Å². The number of pyridine rings is 1. The molecule has 0 bridgehead atoms. The summed E-state index contributed by atoms with van der Waals surface area (Å²) in [7, 11) is 0. The van der Waals surface area contributed by atoms with E-state index in [4.69, 9.17) is 30.5 Å². The third kappa shape index (κ3) is 8.51. The molecule has 5 rings (SSSR count). The lowest BCUT2D eigenvalue weighted by atomic mass is 10.0. The zero-order valence-electron chi connectivity index (χ0n) is 21.3. The Balaban J connectivity index is 0.000000289. The van der Waals surface area contributed by atoms with Crippen molar-refractivity contribution in [1.29, 1.82) is 0 Å². The summed E-state index contributed by atoms with van der Waals surface area (Å²) < 4.78 is 63.5. The first-order chi connectivity index (χ1) is 19.7. The van der Waals surface area contributed by atoms with E-state index in [0.29, 0.717) is 0 Å². The van der Waals surface area contributed by atoms with Gasteiger partial charge in [0.1, 0.15) is 5.82 Å². The van der Waals surface area contributed by atoms with Crippen LogP contribution >= 0.6 is 0 Å². The monoisotopic (exact) mass is 592 g/mol. The van der Waals surface area contributed by atoms with Crippen LogP contribution in [0.5, 0.6) is 0 Å². The molecule has 0 aliphatic rings. The summed E-state index contributed by atoms with van der Waals surface area (Å²) in [6.07, 6.45) is -5.60. The predicted molar refractivity (Wildman–Crippen MR) is 141 cm³/mol. The van der Waals surface area contributed by atoms with Crippen LogP contribution in [0.25, 0.3) is 32.9 Å². The number of rotatable bonds is 4. The van der Waals surface area contributed by atoms with Gasteiger partial charge in [-0.05, 0) is 35.1 Å². The molecule has 0 aliphatic carbocycles. The Morgan fingerprint density at radius 3 is 2.00 bits per heavy atom. The van der Waals surface area contributed by atoms with Gasteiger partial charge >= 0.3 is 24.3 Å². The highest BCUT2D eigenvalue weighted by Crippen LogP contribution is 2.30. The van der Waals surface area contributed by atoms with Gasteiger partial charge in [-0.1, -0.05) is 60.7 Å². The number of aliphatic carboxylic acids is 2. The highest BCUT2D eigenvalue weighted by atomic mass is 19.4. The maximum absolute atomic E-state index is 10.6. The Hall–Kier alpha value is -4.98. The number of aromatic nitrogens is 3. The molecule has 3 aromatic carbocycles. The van der Waals surface area contributed by atoms with E-state index in [1.165, 1.54) is 10.9 Å². The van der Waals surface area contributed by atoms with E-state index in [0.717, 1.165) is 39.8 Å². The second kappa shape index (κ2) is 13.1. The van der Waals surface area contributed by atoms with Crippen LogP contribution in [0.15, 0.2) is 85.2 Å². The van der Waals surface area contributed by atoms with E-state index in [1.54, 1.807) is 0 Å². The topological polar surface area (TPSA) is 142 Å². The number of imidazole rings is 1. The minimum absolute atomic E-state index is 0.169. The number of carboxylic acid groups (broad SMARTS) is 2. The Kier molecular flexibility index (Phi) is 9.86. The molecular formula is C28H22F6N4O4. The van der Waals surface area contributed by atoms with Crippen molar-refractivity contribution in [3.63, 3.8) is 0 Å². The number of H-pyrrole nitrogens is 1. The standard InChI is InChI=1S/C24H20N4.2C2HF3O2/c25-21(12-16-6-2-1-3-7-16)24-27-22-11-10-17(13-23(22)28-24)20-15-26-14-18-8-4-5-9-19(18)20;2*3-2(4,5)1(6)7/h1-11,13-15,21H,12,25H2,(H,27,28);2*(H,6,7). The third-order valence-electron chi connectivity index (χ3n) is 5.61. The Morgan fingerprint density at radius 1 is 0.833 bits per heavy atom. The number of nitrogens with zero attached hydrogens (tertiary/aromatic N) is 2. The number of fused-ring (bicyclic) bond motifs is 2. The van der Waals surface area contributed by atoms with Crippen LogP contribution in [-0.4, -0.2) is 49.5 Å². The number of nitrogens with one attached hydrogen (secondary N) is 1. The summed E-state index contributed by atoms with van der Waals surface area (Å²) in [6.45, 7) is 0. The molecule has 1 atom stereocenters. The van der Waals surface area contributed by atoms with Gasteiger partial charge in [0.05, 0.1) is 17.1 Å². The fourth-order valence-corrected chi connectivity index (χ4v) is 3.68. The zero-order chi connectivity index (χ0) is 31.1. The summed E-state index contributed by atoms with van der Waals surface area (Å²) in [5.41, 5.74) is 11.8. The molecule has 42 heavy (non-hydrogen) atoms. The minimum atomic E-state index is -5.08. The van der Waals surface area contributed by atoms with Crippen LogP contribution in [0.1, 0.15) is 17.4 Å². The van der Waals surface area contributed by atoms with Gasteiger partial charge in [-0.15, -0.1) is 0 Å². The van der Waals surface area contributed by atoms with Gasteiger partial charge in [0.25, 0.3) is 0 Å². The molecule has 0 saturated heterocycles. The van der Waals surface area contributed by atoms with Crippen LogP contribution in [0, 0.1) is 0 Å². The van der Waals surface area contributed by atoms with Crippen molar-refractivity contribution in [3.8, 4) is 11.1 Å². The number of halogens is 6. The molecule has 5 N–H and O–H groups in total. The number of hydrogen-bond acceptors (Lipinski definition) is 5. The van der Waals surface area contributed by atoms with Crippen LogP contribution in [0.3, 0.4) is 0 Å². The normalized spacial score (nSPS) is 12.1. The average molecular weight is 592 g/mol. The van der Waals surface area contributed by atoms with Crippen molar-refractivity contribution >= 4 is 33.7 Å². The number of aromatic amines is 1. The molecule has 0 radical (unpaired) electrons. The van der Waals surface area contributed by atoms with Gasteiger partial charge < -0.3 is 20.9 Å². The molecule has 0 spiro atoms. The Labute approximate surface area is 233 Å². The van der Waals surface area contributed by atoms with Gasteiger partial charge in [0, 0.05) is 23.3 Å². The number of alkyl halides is 6. The molecule has 14 heteroatoms. The molecular weight excluding hydrogens is 570 g/mol. The summed E-state index contributed by atoms with van der Waals surface area (Å²) in [5.74, 6) is -4.70. The third-order valence-corrected chi connectivity index (χ3v) is 5.61. The van der Waals surface area contributed by atoms with Gasteiger partial charge in [0.15, 0.2) is 0 Å². The lowest BCUT2D eigenvalue weighted by molar-refractivity contribution is -0.193. The quantitative estimate of drug-likeness (QED) is 0.180. The largest absolute Gasteiger partial charge is 0.490 e. The second-order valence-corrected chi connectivity index (χ2v) is 8.66. The van der Waals surface area contributed by atoms with Crippen molar-refractivity contribution in [2.24, 2.45) is 5.73 Å². The van der Waals surface area contributed by atoms with Crippen molar-refractivity contribution in [2.45, 2.75) is 24.8 Å². The molecule has 0 amide bonds. The summed E-state index contributed by atoms with van der Waals surface area (Å²) in [6, 6.07) is 24.7. The van der Waals surface area contributed by atoms with E-state index in [-0.39, 0.29) is 6.04 Å². The molecule has 0 aliphatic heterocycles. The van der Waals surface area contributed by atoms with Crippen LogP contribution in [0.4, 0.5) is 26.3 Å². The molecule has 220 valence electrons. The lowest BCUT2D eigenvalue weighted by Gasteiger charge is -2.08. The van der Waals surface area contributed by atoms with E-state index >= 15 is 0 Å². The number of carbonyl (C=O) groups is 2. The van der Waals surface area contributed by atoms with Crippen molar-refractivity contribution in [2.75, 3.05) is 0 Å². The van der Waals surface area contributed by atoms with Crippen molar-refractivity contribution in [1.82, 2.24) is 15.0 Å². The molecule has 5 aromatic rings. The number of carboxylic acids is 2. The maximum Gasteiger partial charge on any atom is 0.490 e. The van der Waals surface area contributed by atoms with E-state index < -0.39 is 24.3 Å². The lowest BCUT2D eigenvalue weighted by Crippen LogP contribution is -2.21. The SMILES string of the molecule is NC(Cc1ccccc1)c1nc2ccc(-c3cncc4ccccc34)cc2[nH]1.O=C(O)C(F)(F)F.O=C(O)C(F)(F)F. The number of benzene rings is 3. The van der Waals surface area contributed by atoms with Crippen molar-refractivity contribution < 1.29 is 46.1 Å². The molecule has 2 heterocycles. The molecule has 2 aromatic heterocycles. The Bertz CT molecular complexity index is 1640. The summed E-state index contributed by atoms with van der Waals surface area (Å²) >= 11 is 0. The number of nitrogens with two attached hydrogens (primary N) is 1. The van der Waals surface area contributed by atoms with Gasteiger partial charge in [-0.3, -0.25) is 4.98 Å². The van der Waals surface area contributed by atoms with Crippen LogP contribution < -0.4 is 5.73 Å². The van der Waals surface area contributed by atoms with E-state index in [1.807, 2.05) is 42.7 Å². The number of hydrogen-bond donors (Lipinski definition) is 4. The fourth-order valence-electron chi connectivity index (χ4n) is 3.68. The Morgan fingerprint density at radius 2 is 1.40 bits per heavy atom. The summed E-state index contributed by atoms with van der Waals surface area (Å²) in [5, 5.41) is 16.6. The van der Waals surface area contributed by atoms with Gasteiger partial charge in [-0.25, -0.2) is 14.6 Å². The molecule has 1 unspecified atom stereocenters. The maximum atomic E-state index is 10.6. The molecule has 8 nitrogen and oxygen atoms in total. The van der Waals surface area contributed by atoms with Gasteiger partial charge in [0.2, 0.25) is 0 Å². The smallest absolute Gasteiger partial charge is 0.475 e. The van der Waals surface area contributed by atoms with Crippen LogP contribution in [-0.2, 0) is 16.0 Å². The minimum Gasteiger partial charge on any atom is -0.475 e. The van der Waals surface area contributed by atoms with Crippen molar-refractivity contribution in [3.05, 3.63) is 96.6 Å². The second-order valence-electron chi connectivity index (χ2n) is 8.66. The van der Waals surface area contributed by atoms with E-state index in [2.05, 4.69) is 52.4 Å². The highest BCUT2D eigenvalue weighted by Gasteiger charge is 2.38. The average Bonchev–Trinajstić information content (AvgIpc) is 3.37. The molecule has 0 saturated carbocycles. The summed E-state index contributed by atoms with van der Waals surface area (Å²) in [4.78, 5) is 30.3. The first-order valence-electron chi connectivity index (χ1n) is 11.9. The van der Waals surface area contributed by atoms with Gasteiger partial charge in [-0.2, -0.15) is 26.3 Å².